The van der Waals surface area contributed by atoms with Gasteiger partial charge in [0.2, 0.25) is 5.91 Å². The van der Waals surface area contributed by atoms with Crippen LogP contribution >= 0.6 is 0 Å². The number of ether oxygens (including phenoxy) is 1. The van der Waals surface area contributed by atoms with Crippen molar-refractivity contribution in [2.45, 2.75) is 64.1 Å². The van der Waals surface area contributed by atoms with Gasteiger partial charge >= 0.3 is 0 Å². The van der Waals surface area contributed by atoms with E-state index >= 15 is 0 Å². The van der Waals surface area contributed by atoms with Crippen LogP contribution in [0.1, 0.15) is 50.5 Å². The molecule has 0 spiro atoms. The molecule has 37 heavy (non-hydrogen) atoms. The van der Waals surface area contributed by atoms with E-state index < -0.39 is 0 Å². The number of hydrogen-bond acceptors (Lipinski definition) is 8. The Hall–Kier alpha value is -3.59. The van der Waals surface area contributed by atoms with Gasteiger partial charge in [0.1, 0.15) is 11.6 Å². The Kier molecular flexibility index (Phi) is 6.24. The van der Waals surface area contributed by atoms with E-state index in [0.29, 0.717) is 18.7 Å². The summed E-state index contributed by atoms with van der Waals surface area (Å²) in [4.78, 5) is 35.5. The number of aromatic nitrogens is 4. The number of likely N-dealkylation sites (tertiary alicyclic amines) is 1. The zero-order valence-electron chi connectivity index (χ0n) is 21.6. The summed E-state index contributed by atoms with van der Waals surface area (Å²) in [5.41, 5.74) is 4.72. The van der Waals surface area contributed by atoms with Gasteiger partial charge in [0, 0.05) is 67.4 Å². The third-order valence-corrected chi connectivity index (χ3v) is 7.82. The molecule has 9 heteroatoms. The molecule has 3 aromatic rings. The summed E-state index contributed by atoms with van der Waals surface area (Å²) in [7, 11) is 0. The number of amides is 1. The Balaban J connectivity index is 1.36. The number of hydrogen-bond donors (Lipinski definition) is 1. The van der Waals surface area contributed by atoms with Gasteiger partial charge in [0.05, 0.1) is 36.3 Å². The van der Waals surface area contributed by atoms with Gasteiger partial charge in [-0.25, -0.2) is 9.97 Å². The highest BCUT2D eigenvalue weighted by Gasteiger charge is 2.39. The second-order valence-electron chi connectivity index (χ2n) is 10.5. The molecule has 0 aromatic carbocycles. The molecule has 192 valence electrons. The lowest BCUT2D eigenvalue weighted by Crippen LogP contribution is -2.44. The maximum absolute atomic E-state index is 12.3. The molecule has 9 nitrogen and oxygen atoms in total. The lowest BCUT2D eigenvalue weighted by atomic mass is 9.92. The first kappa shape index (κ1) is 23.8. The lowest BCUT2D eigenvalue weighted by Gasteiger charge is -2.37. The summed E-state index contributed by atoms with van der Waals surface area (Å²) < 4.78 is 5.79. The van der Waals surface area contributed by atoms with Crippen molar-refractivity contribution in [1.29, 1.82) is 0 Å². The van der Waals surface area contributed by atoms with Crippen LogP contribution in [-0.2, 0) is 9.53 Å². The molecular weight excluding hydrogens is 466 g/mol. The maximum Gasteiger partial charge on any atom is 0.219 e. The third-order valence-electron chi connectivity index (χ3n) is 7.82. The van der Waals surface area contributed by atoms with Crippen LogP contribution in [0.5, 0.6) is 0 Å². The van der Waals surface area contributed by atoms with E-state index in [9.17, 15) is 4.79 Å². The molecule has 3 aromatic heterocycles. The van der Waals surface area contributed by atoms with Crippen LogP contribution in [0.2, 0.25) is 0 Å². The number of piperidine rings is 1. The van der Waals surface area contributed by atoms with Gasteiger partial charge < -0.3 is 19.9 Å². The fourth-order valence-electron chi connectivity index (χ4n) is 5.83. The molecule has 3 fully saturated rings. The van der Waals surface area contributed by atoms with E-state index in [1.165, 1.54) is 0 Å². The standard InChI is InChI=1S/C28H33N7O2/c1-17-8-22(6-7-30-17)31-27-11-26(32-28(33-27)20-5-4-18(2)34(14-20)19(3)36)21-9-23(13-29-12-21)35-15-25-10-24(35)16-37-25/h6-9,11-13,18,20,24-25H,4-5,10,14-16H2,1-3H3,(H,30,31,32,33)/t18-,20+,24-,25-/m0/s1. The van der Waals surface area contributed by atoms with Gasteiger partial charge in [-0.15, -0.1) is 0 Å². The fourth-order valence-corrected chi connectivity index (χ4v) is 5.83. The number of pyridine rings is 2. The molecule has 2 bridgehead atoms. The Bertz CT molecular complexity index is 1320. The second-order valence-corrected chi connectivity index (χ2v) is 10.5. The van der Waals surface area contributed by atoms with Crippen LogP contribution in [0.3, 0.4) is 0 Å². The highest BCUT2D eigenvalue weighted by molar-refractivity contribution is 5.74. The summed E-state index contributed by atoms with van der Waals surface area (Å²) in [5.74, 6) is 1.64. The zero-order chi connectivity index (χ0) is 25.5. The molecule has 0 aliphatic carbocycles. The van der Waals surface area contributed by atoms with Crippen LogP contribution in [0.15, 0.2) is 42.9 Å². The van der Waals surface area contributed by atoms with E-state index in [1.807, 2.05) is 42.4 Å². The summed E-state index contributed by atoms with van der Waals surface area (Å²) in [6.07, 6.45) is 8.85. The van der Waals surface area contributed by atoms with E-state index in [4.69, 9.17) is 14.7 Å². The molecular formula is C28H33N7O2. The van der Waals surface area contributed by atoms with Crippen LogP contribution in [0.4, 0.5) is 17.2 Å². The number of fused-ring (bicyclic) bond motifs is 2. The molecule has 6 rings (SSSR count). The first-order valence-electron chi connectivity index (χ1n) is 13.1. The summed E-state index contributed by atoms with van der Waals surface area (Å²) >= 11 is 0. The van der Waals surface area contributed by atoms with Crippen molar-refractivity contribution in [3.8, 4) is 11.3 Å². The van der Waals surface area contributed by atoms with Crippen molar-refractivity contribution in [2.24, 2.45) is 0 Å². The summed E-state index contributed by atoms with van der Waals surface area (Å²) in [5, 5.41) is 3.45. The molecule has 0 saturated carbocycles. The first-order chi connectivity index (χ1) is 17.9. The summed E-state index contributed by atoms with van der Waals surface area (Å²) in [6.45, 7) is 8.03. The van der Waals surface area contributed by atoms with Gasteiger partial charge in [-0.3, -0.25) is 14.8 Å². The van der Waals surface area contributed by atoms with E-state index in [0.717, 1.165) is 72.4 Å². The second kappa shape index (κ2) is 9.70. The van der Waals surface area contributed by atoms with Gasteiger partial charge in [0.25, 0.3) is 0 Å². The molecule has 3 aliphatic heterocycles. The molecule has 3 saturated heterocycles. The molecule has 6 heterocycles. The first-order valence-corrected chi connectivity index (χ1v) is 13.1. The average Bonchev–Trinajstić information content (AvgIpc) is 3.53. The van der Waals surface area contributed by atoms with Crippen LogP contribution < -0.4 is 10.2 Å². The highest BCUT2D eigenvalue weighted by atomic mass is 16.5. The number of nitrogens with one attached hydrogen (secondary N) is 1. The monoisotopic (exact) mass is 499 g/mol. The Labute approximate surface area is 217 Å². The average molecular weight is 500 g/mol. The topological polar surface area (TPSA) is 96.4 Å². The van der Waals surface area contributed by atoms with Crippen molar-refractivity contribution in [3.63, 3.8) is 0 Å². The Morgan fingerprint density at radius 2 is 2.03 bits per heavy atom. The number of nitrogens with zero attached hydrogens (tertiary/aromatic N) is 6. The molecule has 1 N–H and O–H groups in total. The van der Waals surface area contributed by atoms with Gasteiger partial charge in [-0.1, -0.05) is 0 Å². The maximum atomic E-state index is 12.3. The van der Waals surface area contributed by atoms with Gasteiger partial charge in [-0.05, 0) is 51.3 Å². The molecule has 3 aliphatic rings. The van der Waals surface area contributed by atoms with Crippen molar-refractivity contribution in [3.05, 3.63) is 54.4 Å². The fraction of sp³-hybridized carbons (Fsp3) is 0.464. The molecule has 4 atom stereocenters. The highest BCUT2D eigenvalue weighted by Crippen LogP contribution is 2.35. The molecule has 0 radical (unpaired) electrons. The number of carbonyl (C=O) groups excluding carboxylic acids is 1. The van der Waals surface area contributed by atoms with E-state index in [-0.39, 0.29) is 17.9 Å². The number of morpholine rings is 1. The molecule has 0 unspecified atom stereocenters. The molecule has 1 amide bonds. The number of carbonyl (C=O) groups is 1. The minimum absolute atomic E-state index is 0.0717. The van der Waals surface area contributed by atoms with Crippen molar-refractivity contribution >= 4 is 23.1 Å². The Morgan fingerprint density at radius 3 is 2.78 bits per heavy atom. The quantitative estimate of drug-likeness (QED) is 0.561. The minimum atomic E-state index is 0.0717. The van der Waals surface area contributed by atoms with Crippen molar-refractivity contribution < 1.29 is 9.53 Å². The Morgan fingerprint density at radius 1 is 1.14 bits per heavy atom. The predicted octanol–water partition coefficient (Wildman–Crippen LogP) is 4.08. The number of aryl methyl sites for hydroxylation is 1. The van der Waals surface area contributed by atoms with Gasteiger partial charge in [-0.2, -0.15) is 0 Å². The largest absolute Gasteiger partial charge is 0.374 e. The zero-order valence-corrected chi connectivity index (χ0v) is 21.6. The predicted molar refractivity (Wildman–Crippen MR) is 142 cm³/mol. The SMILES string of the molecule is CC(=O)N1C[C@H](c2nc(Nc3ccnc(C)c3)cc(-c3cncc(N4C[C@@H]5C[C@H]4CO5)c3)n2)CC[C@@H]1C. The third kappa shape index (κ3) is 4.87. The smallest absolute Gasteiger partial charge is 0.219 e. The van der Waals surface area contributed by atoms with Crippen molar-refractivity contribution in [2.75, 3.05) is 29.9 Å². The van der Waals surface area contributed by atoms with Crippen LogP contribution in [-0.4, -0.2) is 68.6 Å². The van der Waals surface area contributed by atoms with Crippen LogP contribution in [0, 0.1) is 6.92 Å². The normalized spacial score (nSPS) is 24.9. The lowest BCUT2D eigenvalue weighted by molar-refractivity contribution is -0.132. The van der Waals surface area contributed by atoms with E-state index in [1.54, 1.807) is 13.1 Å². The summed E-state index contributed by atoms with van der Waals surface area (Å²) in [6, 6.07) is 8.72. The van der Waals surface area contributed by atoms with Crippen molar-refractivity contribution in [1.82, 2.24) is 24.8 Å². The van der Waals surface area contributed by atoms with Gasteiger partial charge in [0.15, 0.2) is 0 Å². The van der Waals surface area contributed by atoms with E-state index in [2.05, 4.69) is 33.2 Å². The number of anilines is 3. The van der Waals surface area contributed by atoms with Crippen LogP contribution in [0.25, 0.3) is 11.3 Å². The minimum Gasteiger partial charge on any atom is -0.374 e. The number of rotatable bonds is 5.